The number of hydrogen-bond donors (Lipinski definition) is 2. The van der Waals surface area contributed by atoms with Gasteiger partial charge in [-0.05, 0) is 29.5 Å². The Labute approximate surface area is 110 Å². The molecule has 0 aromatic heterocycles. The van der Waals surface area contributed by atoms with Crippen LogP contribution >= 0.6 is 0 Å². The average molecular weight is 248 g/mol. The summed E-state index contributed by atoms with van der Waals surface area (Å²) in [6.45, 7) is 9.41. The quantitative estimate of drug-likeness (QED) is 0.621. The third-order valence-electron chi connectivity index (χ3n) is 2.87. The van der Waals surface area contributed by atoms with Crippen LogP contribution in [0.25, 0.3) is 0 Å². The second-order valence-electron chi connectivity index (χ2n) is 5.56. The molecule has 0 aliphatic rings. The Balaban J connectivity index is 2.54. The van der Waals surface area contributed by atoms with Gasteiger partial charge < -0.3 is 0 Å². The number of carbonyl (C=O) groups is 1. The van der Waals surface area contributed by atoms with Gasteiger partial charge in [0, 0.05) is 12.1 Å². The first-order valence-corrected chi connectivity index (χ1v) is 6.59. The molecule has 1 aromatic carbocycles. The summed E-state index contributed by atoms with van der Waals surface area (Å²) in [4.78, 5) is 11.8. The smallest absolute Gasteiger partial charge is 0.265 e. The molecule has 1 aromatic rings. The van der Waals surface area contributed by atoms with Crippen LogP contribution in [0.2, 0.25) is 0 Å². The Morgan fingerprint density at radius 1 is 1.17 bits per heavy atom. The van der Waals surface area contributed by atoms with Gasteiger partial charge in [-0.3, -0.25) is 10.2 Å². The fourth-order valence-electron chi connectivity index (χ4n) is 1.60. The molecule has 1 rings (SSSR count). The minimum absolute atomic E-state index is 0.0773. The normalized spacial score (nSPS) is 11.3. The second kappa shape index (κ2) is 6.55. The number of rotatable bonds is 5. The van der Waals surface area contributed by atoms with Crippen molar-refractivity contribution in [3.63, 3.8) is 0 Å². The predicted molar refractivity (Wildman–Crippen MR) is 75.5 cm³/mol. The highest BCUT2D eigenvalue weighted by atomic mass is 16.2. The van der Waals surface area contributed by atoms with Gasteiger partial charge in [0.2, 0.25) is 0 Å². The van der Waals surface area contributed by atoms with Gasteiger partial charge in [0.15, 0.2) is 0 Å². The molecule has 0 unspecified atom stereocenters. The number of benzene rings is 1. The van der Waals surface area contributed by atoms with E-state index in [0.29, 0.717) is 5.56 Å². The lowest BCUT2D eigenvalue weighted by Crippen LogP contribution is -2.37. The maximum atomic E-state index is 11.8. The fourth-order valence-corrected chi connectivity index (χ4v) is 1.60. The van der Waals surface area contributed by atoms with Crippen molar-refractivity contribution in [3.05, 3.63) is 35.4 Å². The molecule has 3 nitrogen and oxygen atoms in total. The Morgan fingerprint density at radius 2 is 1.78 bits per heavy atom. The lowest BCUT2D eigenvalue weighted by atomic mass is 9.87. The molecule has 0 saturated heterocycles. The molecule has 100 valence electrons. The number of carbonyl (C=O) groups excluding carboxylic acids is 1. The van der Waals surface area contributed by atoms with Crippen LogP contribution in [0, 0.1) is 0 Å². The van der Waals surface area contributed by atoms with Crippen molar-refractivity contribution in [1.29, 1.82) is 0 Å². The van der Waals surface area contributed by atoms with Gasteiger partial charge in [0.05, 0.1) is 0 Å². The third-order valence-corrected chi connectivity index (χ3v) is 2.87. The molecule has 18 heavy (non-hydrogen) atoms. The maximum Gasteiger partial charge on any atom is 0.265 e. The van der Waals surface area contributed by atoms with Crippen LogP contribution in [-0.4, -0.2) is 12.5 Å². The second-order valence-corrected chi connectivity index (χ2v) is 5.56. The molecule has 0 aliphatic carbocycles. The lowest BCUT2D eigenvalue weighted by Gasteiger charge is -2.19. The summed E-state index contributed by atoms with van der Waals surface area (Å²) in [7, 11) is 0. The molecule has 0 atom stereocenters. The predicted octanol–water partition coefficient (Wildman–Crippen LogP) is 3.02. The van der Waals surface area contributed by atoms with Gasteiger partial charge in [-0.25, -0.2) is 5.43 Å². The number of unbranched alkanes of at least 4 members (excludes halogenated alkanes) is 1. The van der Waals surface area contributed by atoms with E-state index in [1.807, 2.05) is 24.3 Å². The van der Waals surface area contributed by atoms with Crippen molar-refractivity contribution in [2.75, 3.05) is 6.54 Å². The minimum atomic E-state index is -0.0773. The van der Waals surface area contributed by atoms with Gasteiger partial charge in [-0.1, -0.05) is 46.2 Å². The summed E-state index contributed by atoms with van der Waals surface area (Å²) in [6, 6.07) is 7.77. The summed E-state index contributed by atoms with van der Waals surface area (Å²) in [5.74, 6) is -0.0773. The van der Waals surface area contributed by atoms with E-state index in [1.165, 1.54) is 5.56 Å². The largest absolute Gasteiger partial charge is 0.287 e. The zero-order valence-electron chi connectivity index (χ0n) is 11.8. The number of amides is 1. The molecule has 0 heterocycles. The fraction of sp³-hybridized carbons (Fsp3) is 0.533. The Hall–Kier alpha value is -1.35. The zero-order chi connectivity index (χ0) is 13.6. The van der Waals surface area contributed by atoms with E-state index in [9.17, 15) is 4.79 Å². The van der Waals surface area contributed by atoms with E-state index in [0.717, 1.165) is 19.4 Å². The molecule has 1 amide bonds. The first-order chi connectivity index (χ1) is 8.45. The van der Waals surface area contributed by atoms with Gasteiger partial charge in [-0.2, -0.15) is 0 Å². The van der Waals surface area contributed by atoms with E-state index < -0.39 is 0 Å². The lowest BCUT2D eigenvalue weighted by molar-refractivity contribution is 0.0933. The van der Waals surface area contributed by atoms with Crippen molar-refractivity contribution < 1.29 is 4.79 Å². The van der Waals surface area contributed by atoms with E-state index in [1.54, 1.807) is 0 Å². The zero-order valence-corrected chi connectivity index (χ0v) is 11.8. The summed E-state index contributed by atoms with van der Waals surface area (Å²) >= 11 is 0. The monoisotopic (exact) mass is 248 g/mol. The van der Waals surface area contributed by atoms with Crippen LogP contribution in [0.1, 0.15) is 56.5 Å². The van der Waals surface area contributed by atoms with Gasteiger partial charge >= 0.3 is 0 Å². The van der Waals surface area contributed by atoms with Crippen LogP contribution in [0.4, 0.5) is 0 Å². The van der Waals surface area contributed by atoms with Crippen LogP contribution in [0.3, 0.4) is 0 Å². The molecular formula is C15H24N2O. The van der Waals surface area contributed by atoms with E-state index >= 15 is 0 Å². The molecule has 0 bridgehead atoms. The Morgan fingerprint density at radius 3 is 2.28 bits per heavy atom. The SMILES string of the molecule is CCCCNNC(=O)c1ccc(C(C)(C)C)cc1. The number of hydrogen-bond acceptors (Lipinski definition) is 2. The highest BCUT2D eigenvalue weighted by Gasteiger charge is 2.14. The summed E-state index contributed by atoms with van der Waals surface area (Å²) in [6.07, 6.45) is 2.17. The van der Waals surface area contributed by atoms with Crippen LogP contribution in [0.5, 0.6) is 0 Å². The average Bonchev–Trinajstić information content (AvgIpc) is 2.33. The topological polar surface area (TPSA) is 41.1 Å². The van der Waals surface area contributed by atoms with Crippen LogP contribution in [0.15, 0.2) is 24.3 Å². The molecule has 0 saturated carbocycles. The standard InChI is InChI=1S/C15H24N2O/c1-5-6-11-16-17-14(18)12-7-9-13(10-8-12)15(2,3)4/h7-10,16H,5-6,11H2,1-4H3,(H,17,18). The molecule has 0 fully saturated rings. The van der Waals surface area contributed by atoms with Crippen molar-refractivity contribution >= 4 is 5.91 Å². The molecular weight excluding hydrogens is 224 g/mol. The van der Waals surface area contributed by atoms with Crippen molar-refractivity contribution in [2.45, 2.75) is 46.0 Å². The first kappa shape index (κ1) is 14.7. The van der Waals surface area contributed by atoms with Gasteiger partial charge in [-0.15, -0.1) is 0 Å². The maximum absolute atomic E-state index is 11.8. The molecule has 0 radical (unpaired) electrons. The molecule has 2 N–H and O–H groups in total. The summed E-state index contributed by atoms with van der Waals surface area (Å²) in [5, 5.41) is 0. The minimum Gasteiger partial charge on any atom is -0.287 e. The Bertz CT molecular complexity index is 376. The number of nitrogens with one attached hydrogen (secondary N) is 2. The van der Waals surface area contributed by atoms with Crippen molar-refractivity contribution in [1.82, 2.24) is 10.9 Å². The Kier molecular flexibility index (Phi) is 5.35. The third kappa shape index (κ3) is 4.49. The highest BCUT2D eigenvalue weighted by Crippen LogP contribution is 2.21. The molecule has 0 spiro atoms. The van der Waals surface area contributed by atoms with Crippen LogP contribution in [-0.2, 0) is 5.41 Å². The molecule has 3 heteroatoms. The number of hydrazine groups is 1. The van der Waals surface area contributed by atoms with Gasteiger partial charge in [0.25, 0.3) is 5.91 Å². The van der Waals surface area contributed by atoms with E-state index in [4.69, 9.17) is 0 Å². The van der Waals surface area contributed by atoms with E-state index in [-0.39, 0.29) is 11.3 Å². The first-order valence-electron chi connectivity index (χ1n) is 6.59. The van der Waals surface area contributed by atoms with Crippen LogP contribution < -0.4 is 10.9 Å². The van der Waals surface area contributed by atoms with Crippen molar-refractivity contribution in [2.24, 2.45) is 0 Å². The highest BCUT2D eigenvalue weighted by molar-refractivity contribution is 5.93. The molecule has 0 aliphatic heterocycles. The van der Waals surface area contributed by atoms with Crippen molar-refractivity contribution in [3.8, 4) is 0 Å². The summed E-state index contributed by atoms with van der Waals surface area (Å²) < 4.78 is 0. The van der Waals surface area contributed by atoms with E-state index in [2.05, 4.69) is 38.5 Å². The van der Waals surface area contributed by atoms with Gasteiger partial charge in [0.1, 0.15) is 0 Å². The summed E-state index contributed by atoms with van der Waals surface area (Å²) in [5.41, 5.74) is 7.67.